The molecule has 0 aliphatic carbocycles. The minimum Gasteiger partial charge on any atom is -0.468 e. The van der Waals surface area contributed by atoms with Gasteiger partial charge in [0.15, 0.2) is 0 Å². The Morgan fingerprint density at radius 1 is 1.62 bits per heavy atom. The van der Waals surface area contributed by atoms with Crippen molar-refractivity contribution in [2.24, 2.45) is 0 Å². The Bertz CT molecular complexity index is 36.7. The molecule has 0 atom stereocenters. The Morgan fingerprint density at radius 3 is 2.00 bits per heavy atom. The van der Waals surface area contributed by atoms with E-state index in [-0.39, 0.29) is 6.61 Å². The summed E-state index contributed by atoms with van der Waals surface area (Å²) in [5.74, 6) is 0. The summed E-state index contributed by atoms with van der Waals surface area (Å²) < 4.78 is 4.15. The fourth-order valence-electron chi connectivity index (χ4n) is 0.0680. The highest BCUT2D eigenvalue weighted by molar-refractivity contribution is 5.36. The zero-order chi connectivity index (χ0) is 6.83. The third-order valence-corrected chi connectivity index (χ3v) is 0.235. The van der Waals surface area contributed by atoms with E-state index in [2.05, 4.69) is 4.74 Å². The molecule has 0 spiro atoms. The maximum Gasteiger partial charge on any atom is 0.293 e. The van der Waals surface area contributed by atoms with Crippen LogP contribution >= 0.6 is 0 Å². The molecular weight excluding hydrogens is 108 g/mol. The van der Waals surface area contributed by atoms with E-state index in [1.165, 1.54) is 0 Å². The first kappa shape index (κ1) is 10.4. The molecule has 3 heteroatoms. The highest BCUT2D eigenvalue weighted by atomic mass is 16.5. The van der Waals surface area contributed by atoms with Crippen molar-refractivity contribution in [3.8, 4) is 0 Å². The summed E-state index contributed by atoms with van der Waals surface area (Å²) in [6.07, 6.45) is 0. The molecule has 3 nitrogen and oxygen atoms in total. The quantitative estimate of drug-likeness (QED) is 0.529. The van der Waals surface area contributed by atoms with E-state index in [0.29, 0.717) is 13.1 Å². The topological polar surface area (TPSA) is 46.5 Å². The molecule has 1 N–H and O–H groups in total. The predicted molar refractivity (Wildman–Crippen MR) is 30.4 cm³/mol. The SMILES string of the molecule is CCO.CCOC=O. The highest BCUT2D eigenvalue weighted by Gasteiger charge is 1.60. The molecule has 0 rings (SSSR count). The Labute approximate surface area is 49.3 Å². The smallest absolute Gasteiger partial charge is 0.293 e. The van der Waals surface area contributed by atoms with Crippen LogP contribution in [0.4, 0.5) is 0 Å². The second kappa shape index (κ2) is 16.1. The minimum atomic E-state index is 0.250. The Kier molecular flexibility index (Phi) is 21.0. The van der Waals surface area contributed by atoms with Crippen molar-refractivity contribution in [3.05, 3.63) is 0 Å². The summed E-state index contributed by atoms with van der Waals surface area (Å²) in [6.45, 7) is 4.60. The van der Waals surface area contributed by atoms with Gasteiger partial charge in [-0.05, 0) is 13.8 Å². The number of aliphatic hydroxyl groups excluding tert-OH is 1. The standard InChI is InChI=1S/C3H6O2.C2H6O/c1-2-5-3-4;1-2-3/h3H,2H2,1H3;3H,2H2,1H3. The van der Waals surface area contributed by atoms with Gasteiger partial charge in [-0.25, -0.2) is 0 Å². The molecule has 0 bridgehead atoms. The largest absolute Gasteiger partial charge is 0.468 e. The fourth-order valence-corrected chi connectivity index (χ4v) is 0.0680. The third kappa shape index (κ3) is 52.1. The average Bonchev–Trinajstić information content (AvgIpc) is 1.71. The van der Waals surface area contributed by atoms with Gasteiger partial charge < -0.3 is 9.84 Å². The lowest BCUT2D eigenvalue weighted by Gasteiger charge is -1.79. The van der Waals surface area contributed by atoms with E-state index in [1.807, 2.05) is 0 Å². The highest BCUT2D eigenvalue weighted by Crippen LogP contribution is 1.55. The fraction of sp³-hybridized carbons (Fsp3) is 0.800. The molecular formula is C5H12O3. The van der Waals surface area contributed by atoms with Crippen molar-refractivity contribution >= 4 is 6.47 Å². The van der Waals surface area contributed by atoms with Gasteiger partial charge in [0, 0.05) is 6.61 Å². The third-order valence-electron chi connectivity index (χ3n) is 0.235. The van der Waals surface area contributed by atoms with E-state index in [1.54, 1.807) is 13.8 Å². The summed E-state index contributed by atoms with van der Waals surface area (Å²) in [5, 5.41) is 7.57. The van der Waals surface area contributed by atoms with Crippen LogP contribution in [0, 0.1) is 0 Å². The van der Waals surface area contributed by atoms with Crippen molar-refractivity contribution in [2.45, 2.75) is 13.8 Å². The second-order valence-electron chi connectivity index (χ2n) is 0.868. The molecule has 0 aromatic rings. The lowest BCUT2D eigenvalue weighted by molar-refractivity contribution is -0.128. The Balaban J connectivity index is 0. The van der Waals surface area contributed by atoms with Crippen LogP contribution in [-0.4, -0.2) is 24.8 Å². The monoisotopic (exact) mass is 120 g/mol. The lowest BCUT2D eigenvalue weighted by Crippen LogP contribution is -1.80. The second-order valence-corrected chi connectivity index (χ2v) is 0.868. The number of hydrogen-bond acceptors (Lipinski definition) is 3. The molecule has 0 unspecified atom stereocenters. The van der Waals surface area contributed by atoms with Gasteiger partial charge in [-0.15, -0.1) is 0 Å². The molecule has 0 fully saturated rings. The molecule has 0 saturated carbocycles. The molecule has 8 heavy (non-hydrogen) atoms. The molecule has 0 aromatic carbocycles. The molecule has 50 valence electrons. The predicted octanol–water partition coefficient (Wildman–Crippen LogP) is 0.178. The zero-order valence-corrected chi connectivity index (χ0v) is 5.26. The molecule has 0 saturated heterocycles. The van der Waals surface area contributed by atoms with Crippen LogP contribution < -0.4 is 0 Å². The van der Waals surface area contributed by atoms with E-state index in [0.717, 1.165) is 0 Å². The van der Waals surface area contributed by atoms with Gasteiger partial charge in [-0.3, -0.25) is 4.79 Å². The molecule has 0 radical (unpaired) electrons. The van der Waals surface area contributed by atoms with Gasteiger partial charge in [0.05, 0.1) is 6.61 Å². The van der Waals surface area contributed by atoms with Gasteiger partial charge in [-0.2, -0.15) is 0 Å². The average molecular weight is 120 g/mol. The minimum absolute atomic E-state index is 0.250. The first-order valence-corrected chi connectivity index (χ1v) is 2.49. The number of ether oxygens (including phenoxy) is 1. The number of aliphatic hydroxyl groups is 1. The molecule has 0 heterocycles. The molecule has 0 aromatic heterocycles. The lowest BCUT2D eigenvalue weighted by atomic mass is 10.9. The Morgan fingerprint density at radius 2 is 2.00 bits per heavy atom. The maximum atomic E-state index is 9.18. The molecule has 0 aliphatic rings. The summed E-state index contributed by atoms with van der Waals surface area (Å²) in [6, 6.07) is 0. The molecule has 0 amide bonds. The first-order chi connectivity index (χ1) is 3.83. The number of hydrogen-bond donors (Lipinski definition) is 1. The Hall–Kier alpha value is -0.570. The van der Waals surface area contributed by atoms with E-state index < -0.39 is 0 Å². The number of carbonyl (C=O) groups is 1. The van der Waals surface area contributed by atoms with Crippen LogP contribution in [0.15, 0.2) is 0 Å². The van der Waals surface area contributed by atoms with Gasteiger partial charge in [0.1, 0.15) is 0 Å². The van der Waals surface area contributed by atoms with Crippen LogP contribution in [-0.2, 0) is 9.53 Å². The zero-order valence-electron chi connectivity index (χ0n) is 5.26. The molecule has 0 aliphatic heterocycles. The first-order valence-electron chi connectivity index (χ1n) is 2.49. The summed E-state index contributed by atoms with van der Waals surface area (Å²) in [5.41, 5.74) is 0. The van der Waals surface area contributed by atoms with Crippen LogP contribution in [0.25, 0.3) is 0 Å². The maximum absolute atomic E-state index is 9.18. The van der Waals surface area contributed by atoms with E-state index in [9.17, 15) is 4.79 Å². The van der Waals surface area contributed by atoms with E-state index in [4.69, 9.17) is 5.11 Å². The van der Waals surface area contributed by atoms with Gasteiger partial charge >= 0.3 is 0 Å². The van der Waals surface area contributed by atoms with Crippen LogP contribution in [0.5, 0.6) is 0 Å². The van der Waals surface area contributed by atoms with Crippen LogP contribution in [0.1, 0.15) is 13.8 Å². The normalized spacial score (nSPS) is 6.38. The number of rotatable bonds is 2. The summed E-state index contributed by atoms with van der Waals surface area (Å²) in [4.78, 5) is 9.18. The number of carbonyl (C=O) groups excluding carboxylic acids is 1. The van der Waals surface area contributed by atoms with Crippen molar-refractivity contribution in [1.82, 2.24) is 0 Å². The van der Waals surface area contributed by atoms with Gasteiger partial charge in [-0.1, -0.05) is 0 Å². The van der Waals surface area contributed by atoms with Crippen molar-refractivity contribution < 1.29 is 14.6 Å². The van der Waals surface area contributed by atoms with Gasteiger partial charge in [0.2, 0.25) is 0 Å². The van der Waals surface area contributed by atoms with Crippen LogP contribution in [0.3, 0.4) is 0 Å². The van der Waals surface area contributed by atoms with Crippen molar-refractivity contribution in [1.29, 1.82) is 0 Å². The summed E-state index contributed by atoms with van der Waals surface area (Å²) >= 11 is 0. The van der Waals surface area contributed by atoms with Crippen LogP contribution in [0.2, 0.25) is 0 Å². The van der Waals surface area contributed by atoms with E-state index >= 15 is 0 Å². The van der Waals surface area contributed by atoms with Gasteiger partial charge in [0.25, 0.3) is 6.47 Å². The van der Waals surface area contributed by atoms with Crippen molar-refractivity contribution in [2.75, 3.05) is 13.2 Å². The summed E-state index contributed by atoms with van der Waals surface area (Å²) in [7, 11) is 0. The van der Waals surface area contributed by atoms with Crippen molar-refractivity contribution in [3.63, 3.8) is 0 Å².